The Morgan fingerprint density at radius 3 is 2.52 bits per heavy atom. The lowest BCUT2D eigenvalue weighted by atomic mass is 10.1. The summed E-state index contributed by atoms with van der Waals surface area (Å²) < 4.78 is 48.3. The Bertz CT molecular complexity index is 397. The van der Waals surface area contributed by atoms with Crippen LogP contribution in [0.5, 0.6) is 0 Å². The van der Waals surface area contributed by atoms with Gasteiger partial charge in [0.05, 0.1) is 25.2 Å². The van der Waals surface area contributed by atoms with Gasteiger partial charge in [-0.2, -0.15) is 13.2 Å². The molecule has 0 aliphatic carbocycles. The third kappa shape index (κ3) is 8.76. The zero-order valence-corrected chi connectivity index (χ0v) is 17.0. The molecular weight excluding hydrogens is 450 g/mol. The van der Waals surface area contributed by atoms with Crippen molar-refractivity contribution in [1.82, 2.24) is 10.2 Å². The molecule has 1 unspecified atom stereocenters. The summed E-state index contributed by atoms with van der Waals surface area (Å²) in [4.78, 5) is 6.07. The number of hydrogen-bond acceptors (Lipinski definition) is 3. The number of rotatable bonds is 5. The van der Waals surface area contributed by atoms with Crippen molar-refractivity contribution in [2.45, 2.75) is 56.9 Å². The summed E-state index contributed by atoms with van der Waals surface area (Å²) in [5.41, 5.74) is 0. The van der Waals surface area contributed by atoms with Crippen molar-refractivity contribution in [3.05, 3.63) is 0 Å². The molecule has 0 aromatic heterocycles. The monoisotopic (exact) mass is 479 g/mol. The Morgan fingerprint density at radius 2 is 1.96 bits per heavy atom. The van der Waals surface area contributed by atoms with Gasteiger partial charge in [-0.1, -0.05) is 0 Å². The molecule has 2 fully saturated rings. The summed E-state index contributed by atoms with van der Waals surface area (Å²) in [6.45, 7) is 2.80. The van der Waals surface area contributed by atoms with E-state index in [9.17, 15) is 13.2 Å². The Labute approximate surface area is 164 Å². The fraction of sp³-hybridized carbons (Fsp3) is 0.938. The molecule has 0 amide bonds. The van der Waals surface area contributed by atoms with E-state index in [0.29, 0.717) is 12.6 Å². The summed E-state index contributed by atoms with van der Waals surface area (Å²) in [5, 5.41) is 2.79. The largest absolute Gasteiger partial charge is 0.390 e. The van der Waals surface area contributed by atoms with Crippen LogP contribution in [0.15, 0.2) is 4.99 Å². The molecule has 0 aromatic carbocycles. The topological polar surface area (TPSA) is 46.1 Å². The van der Waals surface area contributed by atoms with E-state index in [-0.39, 0.29) is 42.7 Å². The van der Waals surface area contributed by atoms with Crippen molar-refractivity contribution in [3.63, 3.8) is 0 Å². The molecule has 0 aromatic rings. The van der Waals surface area contributed by atoms with Gasteiger partial charge in [-0.25, -0.2) is 0 Å². The third-order valence-corrected chi connectivity index (χ3v) is 4.44. The molecular formula is C16H29F3IN3O2. The second-order valence-corrected chi connectivity index (χ2v) is 6.35. The molecule has 2 aliphatic rings. The van der Waals surface area contributed by atoms with Gasteiger partial charge < -0.3 is 19.7 Å². The van der Waals surface area contributed by atoms with Gasteiger partial charge in [0.1, 0.15) is 0 Å². The van der Waals surface area contributed by atoms with Crippen LogP contribution in [0.3, 0.4) is 0 Å². The van der Waals surface area contributed by atoms with E-state index >= 15 is 0 Å². The minimum atomic E-state index is -4.14. The molecule has 2 rings (SSSR count). The predicted octanol–water partition coefficient (Wildman–Crippen LogP) is 3.18. The normalized spacial score (nSPS) is 23.3. The second-order valence-electron chi connectivity index (χ2n) is 6.35. The SMILES string of the molecule is CN=C(NCCC(F)(F)F)N1CCC(OCC2CCCCO2)CC1.I. The van der Waals surface area contributed by atoms with Gasteiger partial charge in [0.2, 0.25) is 0 Å². The number of nitrogens with one attached hydrogen (secondary N) is 1. The average molecular weight is 479 g/mol. The van der Waals surface area contributed by atoms with Crippen LogP contribution < -0.4 is 5.32 Å². The lowest BCUT2D eigenvalue weighted by Gasteiger charge is -2.35. The van der Waals surface area contributed by atoms with Crippen molar-refractivity contribution in [2.75, 3.05) is 39.9 Å². The van der Waals surface area contributed by atoms with Gasteiger partial charge in [0.25, 0.3) is 0 Å². The smallest absolute Gasteiger partial charge is 0.376 e. The van der Waals surface area contributed by atoms with Crippen LogP contribution in [0.25, 0.3) is 0 Å². The number of nitrogens with zero attached hydrogens (tertiary/aromatic N) is 2. The molecule has 2 saturated heterocycles. The number of likely N-dealkylation sites (tertiary alicyclic amines) is 1. The van der Waals surface area contributed by atoms with Gasteiger partial charge in [-0.05, 0) is 32.1 Å². The predicted molar refractivity (Wildman–Crippen MR) is 102 cm³/mol. The number of hydrogen-bond donors (Lipinski definition) is 1. The highest BCUT2D eigenvalue weighted by Crippen LogP contribution is 2.19. The summed E-state index contributed by atoms with van der Waals surface area (Å²) in [6, 6.07) is 0. The standard InChI is InChI=1S/C16H28F3N3O2.HI/c1-20-15(21-8-7-16(17,18)19)22-9-5-13(6-10-22)24-12-14-4-2-3-11-23-14;/h13-14H,2-12H2,1H3,(H,20,21);1H. The van der Waals surface area contributed by atoms with Crippen LogP contribution in [0.4, 0.5) is 13.2 Å². The first-order chi connectivity index (χ1) is 11.5. The third-order valence-electron chi connectivity index (χ3n) is 4.44. The Morgan fingerprint density at radius 1 is 1.24 bits per heavy atom. The lowest BCUT2D eigenvalue weighted by molar-refractivity contribution is -0.132. The minimum Gasteiger partial charge on any atom is -0.376 e. The summed E-state index contributed by atoms with van der Waals surface area (Å²) in [7, 11) is 1.60. The number of aliphatic imine (C=N–C) groups is 1. The molecule has 0 spiro atoms. The average Bonchev–Trinajstić information content (AvgIpc) is 2.57. The number of ether oxygens (including phenoxy) is 2. The highest BCUT2D eigenvalue weighted by atomic mass is 127. The lowest BCUT2D eigenvalue weighted by Crippen LogP contribution is -2.47. The van der Waals surface area contributed by atoms with Gasteiger partial charge in [-0.3, -0.25) is 4.99 Å². The van der Waals surface area contributed by atoms with E-state index in [1.165, 1.54) is 6.42 Å². The zero-order chi connectivity index (χ0) is 17.4. The summed E-state index contributed by atoms with van der Waals surface area (Å²) in [6.07, 6.45) is 0.519. The highest BCUT2D eigenvalue weighted by molar-refractivity contribution is 14.0. The van der Waals surface area contributed by atoms with E-state index in [2.05, 4.69) is 10.3 Å². The van der Waals surface area contributed by atoms with Gasteiger partial charge in [-0.15, -0.1) is 24.0 Å². The van der Waals surface area contributed by atoms with Crippen molar-refractivity contribution in [1.29, 1.82) is 0 Å². The zero-order valence-electron chi connectivity index (χ0n) is 14.7. The molecule has 0 saturated carbocycles. The van der Waals surface area contributed by atoms with Crippen LogP contribution >= 0.6 is 24.0 Å². The molecule has 5 nitrogen and oxygen atoms in total. The number of alkyl halides is 3. The maximum absolute atomic E-state index is 12.2. The molecule has 2 heterocycles. The molecule has 25 heavy (non-hydrogen) atoms. The summed E-state index contributed by atoms with van der Waals surface area (Å²) >= 11 is 0. The maximum Gasteiger partial charge on any atom is 0.390 e. The first-order valence-electron chi connectivity index (χ1n) is 8.73. The van der Waals surface area contributed by atoms with E-state index in [1.807, 2.05) is 4.90 Å². The van der Waals surface area contributed by atoms with Crippen molar-refractivity contribution >= 4 is 29.9 Å². The Kier molecular flexibility index (Phi) is 10.4. The molecule has 0 radical (unpaired) electrons. The molecule has 1 atom stereocenters. The molecule has 1 N–H and O–H groups in total. The van der Waals surface area contributed by atoms with Crippen LogP contribution in [-0.4, -0.2) is 69.1 Å². The van der Waals surface area contributed by atoms with Gasteiger partial charge in [0, 0.05) is 33.3 Å². The van der Waals surface area contributed by atoms with Crippen molar-refractivity contribution in [2.24, 2.45) is 4.99 Å². The molecule has 2 aliphatic heterocycles. The fourth-order valence-electron chi connectivity index (χ4n) is 3.06. The van der Waals surface area contributed by atoms with Gasteiger partial charge in [0.15, 0.2) is 5.96 Å². The number of piperidine rings is 1. The maximum atomic E-state index is 12.2. The van der Waals surface area contributed by atoms with Crippen LogP contribution in [-0.2, 0) is 9.47 Å². The van der Waals surface area contributed by atoms with E-state index in [1.54, 1.807) is 7.05 Å². The van der Waals surface area contributed by atoms with Crippen LogP contribution in [0, 0.1) is 0 Å². The quantitative estimate of drug-likeness (QED) is 0.374. The van der Waals surface area contributed by atoms with E-state index in [0.717, 1.165) is 45.4 Å². The number of halogens is 4. The van der Waals surface area contributed by atoms with Crippen LogP contribution in [0.2, 0.25) is 0 Å². The number of guanidine groups is 1. The minimum absolute atomic E-state index is 0. The van der Waals surface area contributed by atoms with Gasteiger partial charge >= 0.3 is 6.18 Å². The molecule has 0 bridgehead atoms. The fourth-order valence-corrected chi connectivity index (χ4v) is 3.06. The first kappa shape index (κ1) is 22.8. The van der Waals surface area contributed by atoms with Crippen molar-refractivity contribution < 1.29 is 22.6 Å². The first-order valence-corrected chi connectivity index (χ1v) is 8.73. The van der Waals surface area contributed by atoms with Crippen LogP contribution in [0.1, 0.15) is 38.5 Å². The van der Waals surface area contributed by atoms with Crippen molar-refractivity contribution in [3.8, 4) is 0 Å². The molecule has 148 valence electrons. The van der Waals surface area contributed by atoms with E-state index < -0.39 is 12.6 Å². The Hall–Kier alpha value is -0.290. The Balaban J connectivity index is 0.00000312. The van der Waals surface area contributed by atoms with E-state index in [4.69, 9.17) is 9.47 Å². The highest BCUT2D eigenvalue weighted by Gasteiger charge is 2.27. The summed E-state index contributed by atoms with van der Waals surface area (Å²) in [5.74, 6) is 0.535. The molecule has 9 heteroatoms. The second kappa shape index (κ2) is 11.4.